The minimum atomic E-state index is -0.721. The number of benzene rings is 2. The van der Waals surface area contributed by atoms with Crippen molar-refractivity contribution < 1.29 is 17.6 Å². The molecule has 2 aromatic carbocycles. The predicted octanol–water partition coefficient (Wildman–Crippen LogP) is 6.27. The first-order chi connectivity index (χ1) is 12.1. The van der Waals surface area contributed by atoms with Crippen LogP contribution >= 0.6 is 0 Å². The van der Waals surface area contributed by atoms with Crippen molar-refractivity contribution in [1.82, 2.24) is 4.98 Å². The smallest absolute Gasteiger partial charge is 0.126 e. The molecule has 3 rings (SSSR count). The number of hydrogen-bond donors (Lipinski definition) is 0. The molecule has 0 unspecified atom stereocenters. The van der Waals surface area contributed by atoms with E-state index in [9.17, 15) is 17.6 Å². The van der Waals surface area contributed by atoms with Crippen molar-refractivity contribution in [2.45, 2.75) is 26.2 Å². The standard InChI is InChI=1S/C21H17F4N/c1-21(2,3)14-8-19(12-4-15(22)10-16(23)5-12)26-20(9-14)13-6-17(24)11-18(25)7-13/h4-11H,1-3H3. The van der Waals surface area contributed by atoms with Crippen molar-refractivity contribution >= 4 is 0 Å². The highest BCUT2D eigenvalue weighted by molar-refractivity contribution is 5.68. The molecular weight excluding hydrogens is 342 g/mol. The molecule has 0 aliphatic rings. The molecule has 1 aromatic heterocycles. The van der Waals surface area contributed by atoms with Crippen molar-refractivity contribution in [3.63, 3.8) is 0 Å². The molecule has 0 saturated carbocycles. The Bertz CT molecular complexity index is 864. The number of pyridine rings is 1. The van der Waals surface area contributed by atoms with Gasteiger partial charge in [0, 0.05) is 23.3 Å². The molecule has 0 fully saturated rings. The Morgan fingerprint density at radius 2 is 0.923 bits per heavy atom. The average molecular weight is 359 g/mol. The summed E-state index contributed by atoms with van der Waals surface area (Å²) in [4.78, 5) is 4.39. The molecule has 0 atom stereocenters. The third kappa shape index (κ3) is 3.93. The van der Waals surface area contributed by atoms with Crippen LogP contribution in [0.25, 0.3) is 22.5 Å². The van der Waals surface area contributed by atoms with Gasteiger partial charge in [-0.3, -0.25) is 0 Å². The number of aromatic nitrogens is 1. The molecular formula is C21H17F4N. The normalized spacial score (nSPS) is 11.7. The second-order valence-electron chi connectivity index (χ2n) is 7.19. The summed E-state index contributed by atoms with van der Waals surface area (Å²) in [5, 5.41) is 0. The summed E-state index contributed by atoms with van der Waals surface area (Å²) >= 11 is 0. The quantitative estimate of drug-likeness (QED) is 0.492. The molecule has 5 heteroatoms. The van der Waals surface area contributed by atoms with Gasteiger partial charge in [0.25, 0.3) is 0 Å². The summed E-state index contributed by atoms with van der Waals surface area (Å²) in [5.41, 5.74) is 1.70. The summed E-state index contributed by atoms with van der Waals surface area (Å²) < 4.78 is 54.4. The largest absolute Gasteiger partial charge is 0.248 e. The molecule has 1 nitrogen and oxygen atoms in total. The highest BCUT2D eigenvalue weighted by atomic mass is 19.1. The molecule has 26 heavy (non-hydrogen) atoms. The van der Waals surface area contributed by atoms with E-state index in [0.29, 0.717) is 11.4 Å². The fourth-order valence-electron chi connectivity index (χ4n) is 2.66. The van der Waals surface area contributed by atoms with Gasteiger partial charge < -0.3 is 0 Å². The molecule has 134 valence electrons. The van der Waals surface area contributed by atoms with Crippen LogP contribution in [0.1, 0.15) is 26.3 Å². The Morgan fingerprint density at radius 1 is 0.577 bits per heavy atom. The lowest BCUT2D eigenvalue weighted by molar-refractivity contribution is 0.583. The number of nitrogens with zero attached hydrogens (tertiary/aromatic N) is 1. The van der Waals surface area contributed by atoms with Crippen LogP contribution in [0.15, 0.2) is 48.5 Å². The Hall–Kier alpha value is -2.69. The second kappa shape index (κ2) is 6.56. The van der Waals surface area contributed by atoms with Crippen molar-refractivity contribution in [2.75, 3.05) is 0 Å². The summed E-state index contributed by atoms with van der Waals surface area (Å²) in [7, 11) is 0. The number of hydrogen-bond acceptors (Lipinski definition) is 1. The van der Waals surface area contributed by atoms with E-state index in [0.717, 1.165) is 17.7 Å². The lowest BCUT2D eigenvalue weighted by Crippen LogP contribution is -2.12. The molecule has 3 aromatic rings. The molecule has 0 radical (unpaired) electrons. The van der Waals surface area contributed by atoms with Gasteiger partial charge in [0.15, 0.2) is 0 Å². The summed E-state index contributed by atoms with van der Waals surface area (Å²) in [5.74, 6) is -2.88. The van der Waals surface area contributed by atoms with Crippen LogP contribution in [0.2, 0.25) is 0 Å². The zero-order valence-corrected chi connectivity index (χ0v) is 14.6. The van der Waals surface area contributed by atoms with Gasteiger partial charge in [0.05, 0.1) is 11.4 Å². The van der Waals surface area contributed by atoms with E-state index < -0.39 is 23.3 Å². The highest BCUT2D eigenvalue weighted by Gasteiger charge is 2.18. The second-order valence-corrected chi connectivity index (χ2v) is 7.19. The minimum Gasteiger partial charge on any atom is -0.248 e. The maximum absolute atomic E-state index is 13.6. The lowest BCUT2D eigenvalue weighted by atomic mass is 9.85. The van der Waals surface area contributed by atoms with Gasteiger partial charge in [-0.2, -0.15) is 0 Å². The number of rotatable bonds is 2. The van der Waals surface area contributed by atoms with E-state index in [4.69, 9.17) is 0 Å². The van der Waals surface area contributed by atoms with E-state index >= 15 is 0 Å². The molecule has 0 N–H and O–H groups in total. The highest BCUT2D eigenvalue weighted by Crippen LogP contribution is 2.32. The van der Waals surface area contributed by atoms with Crippen molar-refractivity contribution in [3.05, 3.63) is 77.4 Å². The van der Waals surface area contributed by atoms with Crippen molar-refractivity contribution in [3.8, 4) is 22.5 Å². The zero-order chi connectivity index (χ0) is 19.1. The van der Waals surface area contributed by atoms with Gasteiger partial charge in [-0.15, -0.1) is 0 Å². The topological polar surface area (TPSA) is 12.9 Å². The third-order valence-electron chi connectivity index (χ3n) is 4.01. The molecule has 0 bridgehead atoms. The Kier molecular flexibility index (Phi) is 4.57. The third-order valence-corrected chi connectivity index (χ3v) is 4.01. The molecule has 1 heterocycles. The Balaban J connectivity index is 2.25. The average Bonchev–Trinajstić information content (AvgIpc) is 2.52. The van der Waals surface area contributed by atoms with Crippen molar-refractivity contribution in [1.29, 1.82) is 0 Å². The maximum Gasteiger partial charge on any atom is 0.126 e. The maximum atomic E-state index is 13.6. The summed E-state index contributed by atoms with van der Waals surface area (Å²) in [6.07, 6.45) is 0. The predicted molar refractivity (Wildman–Crippen MR) is 93.6 cm³/mol. The molecule has 0 aliphatic heterocycles. The van der Waals surface area contributed by atoms with E-state index in [1.165, 1.54) is 24.3 Å². The van der Waals surface area contributed by atoms with Gasteiger partial charge in [-0.05, 0) is 47.4 Å². The van der Waals surface area contributed by atoms with Crippen LogP contribution in [0.5, 0.6) is 0 Å². The fourth-order valence-corrected chi connectivity index (χ4v) is 2.66. The fraction of sp³-hybridized carbons (Fsp3) is 0.190. The first-order valence-corrected chi connectivity index (χ1v) is 8.07. The monoisotopic (exact) mass is 359 g/mol. The first kappa shape index (κ1) is 18.1. The molecule has 0 spiro atoms. The zero-order valence-electron chi connectivity index (χ0n) is 14.6. The van der Waals surface area contributed by atoms with E-state index in [1.54, 1.807) is 12.1 Å². The van der Waals surface area contributed by atoms with Gasteiger partial charge in [0.2, 0.25) is 0 Å². The van der Waals surface area contributed by atoms with Gasteiger partial charge >= 0.3 is 0 Å². The SMILES string of the molecule is CC(C)(C)c1cc(-c2cc(F)cc(F)c2)nc(-c2cc(F)cc(F)c2)c1. The van der Waals surface area contributed by atoms with Crippen LogP contribution < -0.4 is 0 Å². The Labute approximate surface area is 149 Å². The summed E-state index contributed by atoms with van der Waals surface area (Å²) in [6.45, 7) is 5.90. The van der Waals surface area contributed by atoms with Crippen LogP contribution in [-0.4, -0.2) is 4.98 Å². The van der Waals surface area contributed by atoms with Crippen LogP contribution in [0.4, 0.5) is 17.6 Å². The van der Waals surface area contributed by atoms with Crippen LogP contribution in [0, 0.1) is 23.3 Å². The van der Waals surface area contributed by atoms with E-state index in [-0.39, 0.29) is 16.5 Å². The van der Waals surface area contributed by atoms with Gasteiger partial charge in [-0.25, -0.2) is 22.5 Å². The first-order valence-electron chi connectivity index (χ1n) is 8.07. The van der Waals surface area contributed by atoms with Gasteiger partial charge in [0.1, 0.15) is 23.3 Å². The summed E-state index contributed by atoms with van der Waals surface area (Å²) in [6, 6.07) is 9.71. The molecule has 0 amide bonds. The van der Waals surface area contributed by atoms with Gasteiger partial charge in [-0.1, -0.05) is 20.8 Å². The Morgan fingerprint density at radius 3 is 1.23 bits per heavy atom. The van der Waals surface area contributed by atoms with Crippen LogP contribution in [0.3, 0.4) is 0 Å². The van der Waals surface area contributed by atoms with E-state index in [1.807, 2.05) is 20.8 Å². The number of halogens is 4. The van der Waals surface area contributed by atoms with Crippen molar-refractivity contribution in [2.24, 2.45) is 0 Å². The lowest BCUT2D eigenvalue weighted by Gasteiger charge is -2.21. The van der Waals surface area contributed by atoms with Crippen LogP contribution in [-0.2, 0) is 5.41 Å². The minimum absolute atomic E-state index is 0.256. The molecule has 0 aliphatic carbocycles. The van der Waals surface area contributed by atoms with E-state index in [2.05, 4.69) is 4.98 Å². The molecule has 0 saturated heterocycles.